The first kappa shape index (κ1) is 23.3. The molecular formula is C27H26N4O5. The Morgan fingerprint density at radius 1 is 0.972 bits per heavy atom. The number of hydrogen-bond acceptors (Lipinski definition) is 7. The van der Waals surface area contributed by atoms with Crippen molar-refractivity contribution in [3.05, 3.63) is 98.0 Å². The second-order valence-corrected chi connectivity index (χ2v) is 8.57. The molecule has 0 aliphatic heterocycles. The molecule has 9 nitrogen and oxygen atoms in total. The summed E-state index contributed by atoms with van der Waals surface area (Å²) in [5.41, 5.74) is 2.05. The summed E-state index contributed by atoms with van der Waals surface area (Å²) in [6.45, 7) is 7.93. The fourth-order valence-electron chi connectivity index (χ4n) is 4.34. The number of benzene rings is 1. The third-order valence-electron chi connectivity index (χ3n) is 6.01. The van der Waals surface area contributed by atoms with Crippen molar-refractivity contribution in [2.24, 2.45) is 0 Å². The third-order valence-corrected chi connectivity index (χ3v) is 6.01. The maximum absolute atomic E-state index is 13.7. The van der Waals surface area contributed by atoms with Crippen molar-refractivity contribution in [1.82, 2.24) is 19.1 Å². The summed E-state index contributed by atoms with van der Waals surface area (Å²) >= 11 is 0. The van der Waals surface area contributed by atoms with Gasteiger partial charge >= 0.3 is 5.69 Å². The van der Waals surface area contributed by atoms with E-state index in [0.717, 1.165) is 11.3 Å². The zero-order chi connectivity index (χ0) is 25.4. The van der Waals surface area contributed by atoms with Crippen molar-refractivity contribution < 1.29 is 13.6 Å². The largest absolute Gasteiger partial charge is 0.493 e. The SMILES string of the molecule is CCOc1ccccc1-c1nc(Cn2c(=O)c3c(C)cc(C)nc3n(Cc3ccco3)c2=O)c(C)o1. The Labute approximate surface area is 206 Å². The maximum atomic E-state index is 13.7. The number of hydrogen-bond donors (Lipinski definition) is 0. The maximum Gasteiger partial charge on any atom is 0.333 e. The van der Waals surface area contributed by atoms with Crippen molar-refractivity contribution >= 4 is 11.0 Å². The van der Waals surface area contributed by atoms with E-state index in [0.29, 0.717) is 52.1 Å². The second kappa shape index (κ2) is 9.33. The zero-order valence-electron chi connectivity index (χ0n) is 20.6. The first-order valence-electron chi connectivity index (χ1n) is 11.7. The first-order valence-corrected chi connectivity index (χ1v) is 11.7. The minimum atomic E-state index is -0.500. The molecule has 0 radical (unpaired) electrons. The van der Waals surface area contributed by atoms with Crippen LogP contribution in [0.2, 0.25) is 0 Å². The van der Waals surface area contributed by atoms with Crippen LogP contribution in [0.25, 0.3) is 22.5 Å². The molecule has 0 unspecified atom stereocenters. The number of para-hydroxylation sites is 1. The van der Waals surface area contributed by atoms with Crippen LogP contribution in [0.5, 0.6) is 5.75 Å². The van der Waals surface area contributed by atoms with Crippen molar-refractivity contribution in [3.8, 4) is 17.2 Å². The number of aryl methyl sites for hydroxylation is 3. The van der Waals surface area contributed by atoms with Crippen LogP contribution in [-0.4, -0.2) is 25.7 Å². The molecule has 0 fully saturated rings. The summed E-state index contributed by atoms with van der Waals surface area (Å²) < 4.78 is 19.8. The Balaban J connectivity index is 1.65. The van der Waals surface area contributed by atoms with Gasteiger partial charge in [0, 0.05) is 5.69 Å². The molecule has 0 saturated heterocycles. The van der Waals surface area contributed by atoms with E-state index in [1.54, 1.807) is 25.3 Å². The van der Waals surface area contributed by atoms with Gasteiger partial charge in [0.1, 0.15) is 23.0 Å². The molecular weight excluding hydrogens is 460 g/mol. The van der Waals surface area contributed by atoms with E-state index in [9.17, 15) is 9.59 Å². The predicted molar refractivity (Wildman–Crippen MR) is 134 cm³/mol. The molecule has 5 rings (SSSR count). The number of fused-ring (bicyclic) bond motifs is 1. The highest BCUT2D eigenvalue weighted by Crippen LogP contribution is 2.30. The van der Waals surface area contributed by atoms with Gasteiger partial charge in [-0.15, -0.1) is 0 Å². The minimum absolute atomic E-state index is 0.0504. The van der Waals surface area contributed by atoms with E-state index in [1.807, 2.05) is 51.1 Å². The summed E-state index contributed by atoms with van der Waals surface area (Å²) in [6, 6.07) is 12.8. The van der Waals surface area contributed by atoms with E-state index < -0.39 is 11.2 Å². The molecule has 36 heavy (non-hydrogen) atoms. The van der Waals surface area contributed by atoms with Crippen LogP contribution in [0, 0.1) is 20.8 Å². The van der Waals surface area contributed by atoms with Gasteiger partial charge in [0.25, 0.3) is 5.56 Å². The average Bonchev–Trinajstić information content (AvgIpc) is 3.49. The van der Waals surface area contributed by atoms with Gasteiger partial charge in [-0.1, -0.05) is 12.1 Å². The van der Waals surface area contributed by atoms with Crippen LogP contribution in [0.15, 0.2) is 67.2 Å². The van der Waals surface area contributed by atoms with Crippen molar-refractivity contribution in [3.63, 3.8) is 0 Å². The summed E-state index contributed by atoms with van der Waals surface area (Å²) in [5, 5.41) is 0.384. The lowest BCUT2D eigenvalue weighted by Gasteiger charge is -2.14. The molecule has 1 aromatic carbocycles. The summed E-state index contributed by atoms with van der Waals surface area (Å²) in [5.74, 6) is 2.11. The van der Waals surface area contributed by atoms with Crippen LogP contribution < -0.4 is 16.0 Å². The smallest absolute Gasteiger partial charge is 0.333 e. The molecule has 0 aliphatic rings. The van der Waals surface area contributed by atoms with E-state index in [4.69, 9.17) is 13.6 Å². The Kier molecular flexibility index (Phi) is 6.05. The quantitative estimate of drug-likeness (QED) is 0.339. The van der Waals surface area contributed by atoms with Gasteiger partial charge in [0.15, 0.2) is 5.65 Å². The monoisotopic (exact) mass is 486 g/mol. The molecule has 184 valence electrons. The van der Waals surface area contributed by atoms with Gasteiger partial charge in [-0.05, 0) is 63.6 Å². The van der Waals surface area contributed by atoms with E-state index in [-0.39, 0.29) is 13.1 Å². The van der Waals surface area contributed by atoms with E-state index in [2.05, 4.69) is 9.97 Å². The molecule has 0 N–H and O–H groups in total. The lowest BCUT2D eigenvalue weighted by atomic mass is 10.1. The first-order chi connectivity index (χ1) is 17.4. The number of oxazole rings is 1. The number of furan rings is 1. The van der Waals surface area contributed by atoms with Crippen molar-refractivity contribution in [2.75, 3.05) is 6.61 Å². The van der Waals surface area contributed by atoms with Gasteiger partial charge < -0.3 is 13.6 Å². The third kappa shape index (κ3) is 4.13. The van der Waals surface area contributed by atoms with Gasteiger partial charge in [-0.2, -0.15) is 0 Å². The molecule has 0 atom stereocenters. The Morgan fingerprint density at radius 3 is 2.53 bits per heavy atom. The average molecular weight is 487 g/mol. The summed E-state index contributed by atoms with van der Waals surface area (Å²) in [6.07, 6.45) is 1.54. The Morgan fingerprint density at radius 2 is 1.78 bits per heavy atom. The van der Waals surface area contributed by atoms with Crippen LogP contribution in [-0.2, 0) is 13.1 Å². The van der Waals surface area contributed by atoms with Crippen LogP contribution in [0.3, 0.4) is 0 Å². The molecule has 4 aromatic heterocycles. The predicted octanol–water partition coefficient (Wildman–Crippen LogP) is 4.23. The Hall–Kier alpha value is -4.40. The van der Waals surface area contributed by atoms with Gasteiger partial charge in [-0.3, -0.25) is 13.9 Å². The topological polar surface area (TPSA) is 105 Å². The zero-order valence-corrected chi connectivity index (χ0v) is 20.6. The number of rotatable bonds is 7. The molecule has 9 heteroatoms. The fraction of sp³-hybridized carbons (Fsp3) is 0.259. The fourth-order valence-corrected chi connectivity index (χ4v) is 4.34. The highest BCUT2D eigenvalue weighted by atomic mass is 16.5. The molecule has 0 bridgehead atoms. The van der Waals surface area contributed by atoms with E-state index in [1.165, 1.54) is 9.13 Å². The van der Waals surface area contributed by atoms with Crippen molar-refractivity contribution in [1.29, 1.82) is 0 Å². The number of nitrogens with zero attached hydrogens (tertiary/aromatic N) is 4. The minimum Gasteiger partial charge on any atom is -0.493 e. The summed E-state index contributed by atoms with van der Waals surface area (Å²) in [7, 11) is 0. The lowest BCUT2D eigenvalue weighted by molar-refractivity contribution is 0.340. The molecule has 0 spiro atoms. The number of aromatic nitrogens is 4. The Bertz CT molecular complexity index is 1680. The molecule has 4 heterocycles. The normalized spacial score (nSPS) is 11.3. The lowest BCUT2D eigenvalue weighted by Crippen LogP contribution is -2.41. The van der Waals surface area contributed by atoms with Gasteiger partial charge in [0.2, 0.25) is 5.89 Å². The van der Waals surface area contributed by atoms with Gasteiger partial charge in [-0.25, -0.2) is 14.8 Å². The second-order valence-electron chi connectivity index (χ2n) is 8.57. The molecule has 0 amide bonds. The van der Waals surface area contributed by atoms with Crippen LogP contribution in [0.4, 0.5) is 0 Å². The van der Waals surface area contributed by atoms with E-state index >= 15 is 0 Å². The van der Waals surface area contributed by atoms with Crippen LogP contribution in [0.1, 0.15) is 35.4 Å². The number of ether oxygens (including phenoxy) is 1. The van der Waals surface area contributed by atoms with Crippen molar-refractivity contribution in [2.45, 2.75) is 40.8 Å². The molecule has 5 aromatic rings. The van der Waals surface area contributed by atoms with Gasteiger partial charge in [0.05, 0.1) is 36.9 Å². The summed E-state index contributed by atoms with van der Waals surface area (Å²) in [4.78, 5) is 36.4. The molecule has 0 saturated carbocycles. The number of pyridine rings is 1. The standard InChI is InChI=1S/C27H26N4O5/c1-5-34-22-11-7-6-10-20(22)25-29-21(18(4)36-25)15-31-26(32)23-16(2)13-17(3)28-24(23)30(27(31)33)14-19-9-8-12-35-19/h6-13H,5,14-15H2,1-4H3. The van der Waals surface area contributed by atoms with Crippen LogP contribution >= 0.6 is 0 Å². The molecule has 0 aliphatic carbocycles. The highest BCUT2D eigenvalue weighted by molar-refractivity contribution is 5.78. The highest BCUT2D eigenvalue weighted by Gasteiger charge is 2.21.